The van der Waals surface area contributed by atoms with Crippen molar-refractivity contribution in [3.63, 3.8) is 0 Å². The molecule has 98 valence electrons. The lowest BCUT2D eigenvalue weighted by atomic mass is 9.98. The fourth-order valence-electron chi connectivity index (χ4n) is 1.93. The van der Waals surface area contributed by atoms with Crippen LogP contribution in [0.15, 0.2) is 61.3 Å². The van der Waals surface area contributed by atoms with Crippen LogP contribution in [0.5, 0.6) is 0 Å². The molecule has 0 bridgehead atoms. The number of rotatable bonds is 5. The molecule has 1 aromatic carbocycles. The first-order valence-corrected chi connectivity index (χ1v) is 6.64. The van der Waals surface area contributed by atoms with Crippen molar-refractivity contribution in [3.8, 4) is 0 Å². The van der Waals surface area contributed by atoms with Crippen molar-refractivity contribution in [2.24, 2.45) is 5.92 Å². The van der Waals surface area contributed by atoms with Crippen molar-refractivity contribution >= 4 is 17.3 Å². The summed E-state index contributed by atoms with van der Waals surface area (Å²) in [4.78, 5) is 4.42. The van der Waals surface area contributed by atoms with Crippen LogP contribution < -0.4 is 5.32 Å². The highest BCUT2D eigenvalue weighted by Crippen LogP contribution is 2.27. The molecule has 2 aromatic rings. The van der Waals surface area contributed by atoms with Crippen molar-refractivity contribution in [3.05, 3.63) is 72.0 Å². The van der Waals surface area contributed by atoms with E-state index in [-0.39, 0.29) is 12.0 Å². The molecular formula is C16H17ClN2. The van der Waals surface area contributed by atoms with E-state index in [2.05, 4.69) is 23.8 Å². The minimum absolute atomic E-state index is 0.0807. The van der Waals surface area contributed by atoms with Crippen LogP contribution in [-0.4, -0.2) is 4.98 Å². The fourth-order valence-corrected chi connectivity index (χ4v) is 2.12. The molecule has 0 radical (unpaired) electrons. The fraction of sp³-hybridized carbons (Fsp3) is 0.188. The molecule has 0 spiro atoms. The lowest BCUT2D eigenvalue weighted by molar-refractivity contribution is 0.590. The first-order chi connectivity index (χ1) is 9.20. The van der Waals surface area contributed by atoms with Gasteiger partial charge in [-0.1, -0.05) is 36.7 Å². The normalized spacial score (nSPS) is 13.6. The number of hydrogen-bond donors (Lipinski definition) is 1. The number of aromatic nitrogens is 1. The smallest absolute Gasteiger partial charge is 0.0744 e. The Kier molecular flexibility index (Phi) is 4.58. The van der Waals surface area contributed by atoms with Gasteiger partial charge in [-0.05, 0) is 36.2 Å². The van der Waals surface area contributed by atoms with E-state index in [1.165, 1.54) is 0 Å². The molecule has 0 fully saturated rings. The Balaban J connectivity index is 2.27. The largest absolute Gasteiger partial charge is 0.376 e. The highest BCUT2D eigenvalue weighted by atomic mass is 35.5. The molecule has 2 nitrogen and oxygen atoms in total. The van der Waals surface area contributed by atoms with Crippen LogP contribution in [0, 0.1) is 5.92 Å². The Bertz CT molecular complexity index is 539. The molecule has 1 N–H and O–H groups in total. The molecule has 0 aliphatic rings. The quantitative estimate of drug-likeness (QED) is 0.798. The van der Waals surface area contributed by atoms with Gasteiger partial charge in [-0.15, -0.1) is 6.58 Å². The molecule has 1 aromatic heterocycles. The van der Waals surface area contributed by atoms with Crippen LogP contribution in [0.1, 0.15) is 18.7 Å². The molecule has 0 saturated heterocycles. The molecular weight excluding hydrogens is 256 g/mol. The lowest BCUT2D eigenvalue weighted by Gasteiger charge is -2.23. The first-order valence-electron chi connectivity index (χ1n) is 6.26. The summed E-state index contributed by atoms with van der Waals surface area (Å²) < 4.78 is 0. The van der Waals surface area contributed by atoms with Gasteiger partial charge in [-0.25, -0.2) is 0 Å². The molecule has 0 aliphatic heterocycles. The van der Waals surface area contributed by atoms with Crippen molar-refractivity contribution < 1.29 is 0 Å². The van der Waals surface area contributed by atoms with E-state index in [1.807, 2.05) is 48.5 Å². The summed E-state index contributed by atoms with van der Waals surface area (Å²) in [6.45, 7) is 5.99. The second kappa shape index (κ2) is 6.39. The summed E-state index contributed by atoms with van der Waals surface area (Å²) in [5, 5.41) is 4.19. The third kappa shape index (κ3) is 3.58. The summed E-state index contributed by atoms with van der Waals surface area (Å²) >= 11 is 6.01. The van der Waals surface area contributed by atoms with Gasteiger partial charge in [0.05, 0.1) is 11.7 Å². The number of anilines is 1. The molecule has 2 atom stereocenters. The highest BCUT2D eigenvalue weighted by Gasteiger charge is 2.17. The van der Waals surface area contributed by atoms with Crippen LogP contribution >= 0.6 is 11.6 Å². The molecule has 1 heterocycles. The highest BCUT2D eigenvalue weighted by molar-refractivity contribution is 6.30. The predicted octanol–water partition coefficient (Wildman–Crippen LogP) is 4.71. The van der Waals surface area contributed by atoms with Crippen molar-refractivity contribution in [2.45, 2.75) is 13.0 Å². The third-order valence-corrected chi connectivity index (χ3v) is 3.29. The Hall–Kier alpha value is -1.80. The molecule has 0 aliphatic carbocycles. The summed E-state index contributed by atoms with van der Waals surface area (Å²) in [6, 6.07) is 13.7. The molecule has 0 saturated carbocycles. The van der Waals surface area contributed by atoms with Gasteiger partial charge in [-0.2, -0.15) is 0 Å². The van der Waals surface area contributed by atoms with Crippen molar-refractivity contribution in [2.75, 3.05) is 5.32 Å². The van der Waals surface area contributed by atoms with Gasteiger partial charge in [0.1, 0.15) is 0 Å². The number of benzene rings is 1. The summed E-state index contributed by atoms with van der Waals surface area (Å²) in [5.41, 5.74) is 1.98. The van der Waals surface area contributed by atoms with Gasteiger partial charge in [0.25, 0.3) is 0 Å². The van der Waals surface area contributed by atoms with Crippen molar-refractivity contribution in [1.82, 2.24) is 4.98 Å². The van der Waals surface area contributed by atoms with E-state index in [0.29, 0.717) is 0 Å². The average Bonchev–Trinajstić information content (AvgIpc) is 2.45. The predicted molar refractivity (Wildman–Crippen MR) is 81.4 cm³/mol. The van der Waals surface area contributed by atoms with Gasteiger partial charge in [0, 0.05) is 16.9 Å². The van der Waals surface area contributed by atoms with Crippen LogP contribution in [0.4, 0.5) is 5.69 Å². The summed E-state index contributed by atoms with van der Waals surface area (Å²) in [7, 11) is 0. The maximum Gasteiger partial charge on any atom is 0.0744 e. The zero-order valence-electron chi connectivity index (χ0n) is 10.9. The zero-order chi connectivity index (χ0) is 13.7. The van der Waals surface area contributed by atoms with Crippen LogP contribution in [0.2, 0.25) is 5.02 Å². The Labute approximate surface area is 119 Å². The molecule has 3 heteroatoms. The maximum atomic E-state index is 6.01. The van der Waals surface area contributed by atoms with Gasteiger partial charge >= 0.3 is 0 Å². The van der Waals surface area contributed by atoms with Crippen molar-refractivity contribution in [1.29, 1.82) is 0 Å². The Morgan fingerprint density at radius 1 is 1.26 bits per heavy atom. The monoisotopic (exact) mass is 272 g/mol. The maximum absolute atomic E-state index is 6.01. The topological polar surface area (TPSA) is 24.9 Å². The number of pyridine rings is 1. The number of nitrogens with zero attached hydrogens (tertiary/aromatic N) is 1. The SMILES string of the molecule is C=CC(C)C(Nc1cccc(Cl)c1)c1ccccn1. The van der Waals surface area contributed by atoms with Gasteiger partial charge < -0.3 is 5.32 Å². The minimum Gasteiger partial charge on any atom is -0.376 e. The van der Waals surface area contributed by atoms with E-state index in [9.17, 15) is 0 Å². The van der Waals surface area contributed by atoms with E-state index in [4.69, 9.17) is 11.6 Å². The van der Waals surface area contributed by atoms with Crippen LogP contribution in [0.25, 0.3) is 0 Å². The Morgan fingerprint density at radius 3 is 2.74 bits per heavy atom. The Morgan fingerprint density at radius 2 is 2.11 bits per heavy atom. The number of halogens is 1. The first kappa shape index (κ1) is 13.6. The molecule has 2 unspecified atom stereocenters. The van der Waals surface area contributed by atoms with E-state index < -0.39 is 0 Å². The summed E-state index contributed by atoms with van der Waals surface area (Å²) in [6.07, 6.45) is 3.73. The van der Waals surface area contributed by atoms with Gasteiger partial charge in [-0.3, -0.25) is 4.98 Å². The van der Waals surface area contributed by atoms with E-state index in [0.717, 1.165) is 16.4 Å². The van der Waals surface area contributed by atoms with Gasteiger partial charge in [0.2, 0.25) is 0 Å². The van der Waals surface area contributed by atoms with Crippen LogP contribution in [0.3, 0.4) is 0 Å². The molecule has 2 rings (SSSR count). The summed E-state index contributed by atoms with van der Waals surface area (Å²) in [5.74, 6) is 0.258. The lowest BCUT2D eigenvalue weighted by Crippen LogP contribution is -2.18. The van der Waals surface area contributed by atoms with E-state index >= 15 is 0 Å². The third-order valence-electron chi connectivity index (χ3n) is 3.05. The second-order valence-electron chi connectivity index (χ2n) is 4.48. The van der Waals surface area contributed by atoms with E-state index in [1.54, 1.807) is 6.20 Å². The zero-order valence-corrected chi connectivity index (χ0v) is 11.6. The minimum atomic E-state index is 0.0807. The number of hydrogen-bond acceptors (Lipinski definition) is 2. The average molecular weight is 273 g/mol. The van der Waals surface area contributed by atoms with Crippen LogP contribution in [-0.2, 0) is 0 Å². The molecule has 19 heavy (non-hydrogen) atoms. The van der Waals surface area contributed by atoms with Gasteiger partial charge in [0.15, 0.2) is 0 Å². The standard InChI is InChI=1S/C16H17ClN2/c1-3-12(2)16(15-9-4-5-10-18-15)19-14-8-6-7-13(17)11-14/h3-12,16,19H,1H2,2H3. The number of nitrogens with one attached hydrogen (secondary N) is 1. The second-order valence-corrected chi connectivity index (χ2v) is 4.92. The molecule has 0 amide bonds.